The molecule has 0 atom stereocenters. The first-order chi connectivity index (χ1) is 16.2. The summed E-state index contributed by atoms with van der Waals surface area (Å²) in [6, 6.07) is 11.1. The molecule has 1 heterocycles. The maximum Gasteiger partial charge on any atom is 0.281 e. The lowest BCUT2D eigenvalue weighted by Gasteiger charge is -2.12. The molecule has 0 bridgehead atoms. The Morgan fingerprint density at radius 1 is 1.21 bits per heavy atom. The standard InChI is InChI=1S/C23H22FN5O4S/c1-4-12-33-18-10-8-16(9-11-18)26-22-19(24)14-25-23(28-22)27-17-7-6-15(3)20(13-17)34(31,32)29-21(30)5-2/h1,6-11,13-14H,5,12H2,2-3H3,(H,29,30)(H2,25,26,27,28)/p-1. The van der Waals surface area contributed by atoms with Crippen molar-refractivity contribution in [2.75, 3.05) is 17.2 Å². The van der Waals surface area contributed by atoms with Crippen LogP contribution in [0.2, 0.25) is 0 Å². The minimum atomic E-state index is -4.18. The molecule has 0 spiro atoms. The zero-order valence-electron chi connectivity index (χ0n) is 18.4. The summed E-state index contributed by atoms with van der Waals surface area (Å²) in [6.07, 6.45) is 6.10. The molecule has 9 nitrogen and oxygen atoms in total. The summed E-state index contributed by atoms with van der Waals surface area (Å²) in [5.41, 5.74) is 1.27. The molecule has 11 heteroatoms. The molecule has 0 unspecified atom stereocenters. The lowest BCUT2D eigenvalue weighted by atomic mass is 10.2. The smallest absolute Gasteiger partial charge is 0.281 e. The second-order valence-corrected chi connectivity index (χ2v) is 8.52. The van der Waals surface area contributed by atoms with E-state index in [2.05, 4.69) is 30.9 Å². The molecule has 34 heavy (non-hydrogen) atoms. The number of anilines is 4. The van der Waals surface area contributed by atoms with E-state index >= 15 is 0 Å². The number of hydrogen-bond acceptors (Lipinski definition) is 8. The van der Waals surface area contributed by atoms with Gasteiger partial charge >= 0.3 is 0 Å². The van der Waals surface area contributed by atoms with Crippen LogP contribution in [0.25, 0.3) is 0 Å². The van der Waals surface area contributed by atoms with Crippen molar-refractivity contribution in [2.45, 2.75) is 25.2 Å². The fourth-order valence-electron chi connectivity index (χ4n) is 2.74. The number of terminal acetylenes is 1. The van der Waals surface area contributed by atoms with Gasteiger partial charge in [0.15, 0.2) is 11.6 Å². The highest BCUT2D eigenvalue weighted by molar-refractivity contribution is 7.90. The van der Waals surface area contributed by atoms with Gasteiger partial charge in [-0.1, -0.05) is 18.9 Å². The minimum absolute atomic E-state index is 0.0200. The van der Waals surface area contributed by atoms with Crippen LogP contribution in [-0.4, -0.2) is 30.9 Å². The van der Waals surface area contributed by atoms with Gasteiger partial charge in [0.05, 0.1) is 11.1 Å². The Morgan fingerprint density at radius 3 is 2.59 bits per heavy atom. The largest absolute Gasteiger partial charge is 0.861 e. The molecular formula is C23H21FN5O4S-. The first-order valence-electron chi connectivity index (χ1n) is 10.1. The van der Waals surface area contributed by atoms with Crippen molar-refractivity contribution < 1.29 is 22.7 Å². The average Bonchev–Trinajstić information content (AvgIpc) is 2.81. The van der Waals surface area contributed by atoms with Gasteiger partial charge in [-0.05, 0) is 61.2 Å². The summed E-state index contributed by atoms with van der Waals surface area (Å²) in [5.74, 6) is 1.41. The molecule has 2 aromatic carbocycles. The van der Waals surface area contributed by atoms with Crippen LogP contribution in [0.1, 0.15) is 18.9 Å². The number of hydrogen-bond donors (Lipinski definition) is 2. The van der Waals surface area contributed by atoms with Crippen LogP contribution in [0.5, 0.6) is 5.75 Å². The van der Waals surface area contributed by atoms with Gasteiger partial charge in [0, 0.05) is 11.4 Å². The maximum atomic E-state index is 14.3. The number of aryl methyl sites for hydroxylation is 1. The zero-order valence-corrected chi connectivity index (χ0v) is 19.2. The molecule has 0 aliphatic heterocycles. The van der Waals surface area contributed by atoms with Gasteiger partial charge in [0.2, 0.25) is 5.95 Å². The second-order valence-electron chi connectivity index (χ2n) is 6.95. The predicted octanol–water partition coefficient (Wildman–Crippen LogP) is 3.28. The highest BCUT2D eigenvalue weighted by Gasteiger charge is 2.17. The summed E-state index contributed by atoms with van der Waals surface area (Å²) in [6.45, 7) is 3.24. The van der Waals surface area contributed by atoms with Crippen molar-refractivity contribution in [2.24, 2.45) is 4.40 Å². The normalized spacial score (nSPS) is 11.5. The number of nitrogens with zero attached hydrogens (tertiary/aromatic N) is 3. The molecule has 1 aromatic heterocycles. The van der Waals surface area contributed by atoms with E-state index in [4.69, 9.17) is 11.2 Å². The van der Waals surface area contributed by atoms with E-state index in [1.54, 1.807) is 43.3 Å². The topological polar surface area (TPSA) is 129 Å². The number of ether oxygens (including phenoxy) is 1. The Hall–Kier alpha value is -4.17. The number of sulfonamides is 1. The number of aromatic nitrogens is 2. The third-order valence-corrected chi connectivity index (χ3v) is 5.87. The van der Waals surface area contributed by atoms with Crippen molar-refractivity contribution in [1.29, 1.82) is 0 Å². The van der Waals surface area contributed by atoms with Gasteiger partial charge < -0.3 is 20.5 Å². The third-order valence-electron chi connectivity index (χ3n) is 4.43. The molecule has 0 amide bonds. The van der Waals surface area contributed by atoms with Gasteiger partial charge in [-0.3, -0.25) is 0 Å². The number of rotatable bonds is 9. The highest BCUT2D eigenvalue weighted by atomic mass is 32.2. The molecule has 3 rings (SSSR count). The number of halogens is 1. The fourth-order valence-corrected chi connectivity index (χ4v) is 3.99. The number of nitrogens with one attached hydrogen (secondary N) is 2. The Balaban J connectivity index is 1.82. The summed E-state index contributed by atoms with van der Waals surface area (Å²) in [7, 11) is -4.18. The Morgan fingerprint density at radius 2 is 1.91 bits per heavy atom. The van der Waals surface area contributed by atoms with Crippen molar-refractivity contribution in [3.63, 3.8) is 0 Å². The van der Waals surface area contributed by atoms with Gasteiger partial charge in [-0.15, -0.1) is 6.42 Å². The van der Waals surface area contributed by atoms with E-state index in [0.29, 0.717) is 22.7 Å². The van der Waals surface area contributed by atoms with E-state index in [1.807, 2.05) is 0 Å². The van der Waals surface area contributed by atoms with Gasteiger partial charge in [0.1, 0.15) is 12.4 Å². The zero-order chi connectivity index (χ0) is 24.7. The summed E-state index contributed by atoms with van der Waals surface area (Å²) in [5, 5.41) is 17.2. The Bertz CT molecular complexity index is 1350. The molecule has 0 saturated heterocycles. The molecule has 0 radical (unpaired) electrons. The lowest BCUT2D eigenvalue weighted by molar-refractivity contribution is -0.217. The third kappa shape index (κ3) is 6.20. The van der Waals surface area contributed by atoms with Crippen LogP contribution in [0.4, 0.5) is 27.5 Å². The molecule has 0 aliphatic carbocycles. The van der Waals surface area contributed by atoms with Crippen LogP contribution in [0.3, 0.4) is 0 Å². The molecule has 176 valence electrons. The maximum absolute atomic E-state index is 14.3. The van der Waals surface area contributed by atoms with Crippen LogP contribution in [0.15, 0.2) is 58.0 Å². The van der Waals surface area contributed by atoms with Crippen molar-refractivity contribution in [3.8, 4) is 18.1 Å². The quantitative estimate of drug-likeness (QED) is 0.270. The molecule has 2 N–H and O–H groups in total. The second kappa shape index (κ2) is 10.6. The number of benzene rings is 2. The SMILES string of the molecule is C#CCOc1ccc(Nc2nc(Nc3ccc(C)c(S(=O)(=O)N=C([O-])CC)c3)ncc2F)cc1. The molecule has 0 aliphatic rings. The van der Waals surface area contributed by atoms with Crippen molar-refractivity contribution in [1.82, 2.24) is 9.97 Å². The van der Waals surface area contributed by atoms with E-state index in [1.165, 1.54) is 13.0 Å². The lowest BCUT2D eigenvalue weighted by Crippen LogP contribution is -2.18. The van der Waals surface area contributed by atoms with Gasteiger partial charge in [0.25, 0.3) is 10.0 Å². The van der Waals surface area contributed by atoms with Crippen molar-refractivity contribution in [3.05, 3.63) is 60.0 Å². The average molecular weight is 483 g/mol. The summed E-state index contributed by atoms with van der Waals surface area (Å²) >= 11 is 0. The van der Waals surface area contributed by atoms with Crippen LogP contribution in [-0.2, 0) is 10.0 Å². The van der Waals surface area contributed by atoms with Gasteiger partial charge in [-0.2, -0.15) is 17.8 Å². The van der Waals surface area contributed by atoms with Crippen LogP contribution in [0, 0.1) is 25.1 Å². The molecule has 0 fully saturated rings. The predicted molar refractivity (Wildman–Crippen MR) is 125 cm³/mol. The van der Waals surface area contributed by atoms with Crippen molar-refractivity contribution >= 4 is 39.1 Å². The molecular weight excluding hydrogens is 461 g/mol. The van der Waals surface area contributed by atoms with E-state index in [-0.39, 0.29) is 29.7 Å². The summed E-state index contributed by atoms with van der Waals surface area (Å²) < 4.78 is 47.9. The molecule has 3 aromatic rings. The molecule has 0 saturated carbocycles. The van der Waals surface area contributed by atoms with Crippen LogP contribution < -0.4 is 20.5 Å². The van der Waals surface area contributed by atoms with Crippen LogP contribution >= 0.6 is 0 Å². The van der Waals surface area contributed by atoms with E-state index in [9.17, 15) is 17.9 Å². The fraction of sp³-hybridized carbons (Fsp3) is 0.174. The Labute approximate surface area is 196 Å². The minimum Gasteiger partial charge on any atom is -0.861 e. The Kier molecular flexibility index (Phi) is 7.65. The first kappa shape index (κ1) is 24.5. The van der Waals surface area contributed by atoms with E-state index < -0.39 is 21.7 Å². The monoisotopic (exact) mass is 482 g/mol. The van der Waals surface area contributed by atoms with E-state index in [0.717, 1.165) is 6.20 Å². The highest BCUT2D eigenvalue weighted by Crippen LogP contribution is 2.25. The first-order valence-corrected chi connectivity index (χ1v) is 11.5. The van der Waals surface area contributed by atoms with Gasteiger partial charge in [-0.25, -0.2) is 9.37 Å². The summed E-state index contributed by atoms with van der Waals surface area (Å²) in [4.78, 5) is 7.88.